The van der Waals surface area contributed by atoms with Crippen molar-refractivity contribution in [3.8, 4) is 0 Å². The van der Waals surface area contributed by atoms with E-state index in [1.807, 2.05) is 0 Å². The normalized spacial score (nSPS) is 12.7. The van der Waals surface area contributed by atoms with Crippen molar-refractivity contribution < 1.29 is 53.5 Å². The third-order valence-electron chi connectivity index (χ3n) is 4.53. The van der Waals surface area contributed by atoms with Gasteiger partial charge in [-0.3, -0.25) is 4.79 Å². The van der Waals surface area contributed by atoms with Crippen LogP contribution in [0.15, 0.2) is 12.2 Å². The minimum atomic E-state index is -4.18. The topological polar surface area (TPSA) is 80.7 Å². The second kappa shape index (κ2) is 20.4. The molecule has 0 heterocycles. The van der Waals surface area contributed by atoms with Crippen LogP contribution < -0.4 is 29.6 Å². The molecule has 0 saturated carbocycles. The Morgan fingerprint density at radius 1 is 0.893 bits per heavy atom. The molecule has 28 heavy (non-hydrogen) atoms. The van der Waals surface area contributed by atoms with Crippen LogP contribution in [0.1, 0.15) is 112 Å². The van der Waals surface area contributed by atoms with E-state index < -0.39 is 21.5 Å². The first-order valence-electron chi connectivity index (χ1n) is 10.7. The average molecular weight is 429 g/mol. The molecule has 5 nitrogen and oxygen atoms in total. The predicted octanol–water partition coefficient (Wildman–Crippen LogP) is 2.74. The average Bonchev–Trinajstić information content (AvgIpc) is 2.63. The molecule has 0 aliphatic carbocycles. The third-order valence-corrected chi connectivity index (χ3v) is 5.95. The van der Waals surface area contributed by atoms with E-state index in [1.54, 1.807) is 0 Å². The van der Waals surface area contributed by atoms with Crippen molar-refractivity contribution in [3.05, 3.63) is 12.2 Å². The van der Waals surface area contributed by atoms with E-state index in [0.717, 1.165) is 32.1 Å². The minimum absolute atomic E-state index is 0. The largest absolute Gasteiger partial charge is 1.00 e. The van der Waals surface area contributed by atoms with Crippen molar-refractivity contribution >= 4 is 16.1 Å². The molecule has 162 valence electrons. The number of aliphatic hydroxyl groups is 1. The van der Waals surface area contributed by atoms with E-state index >= 15 is 0 Å². The molecule has 0 aliphatic rings. The molecule has 1 N–H and O–H groups in total. The van der Waals surface area contributed by atoms with Crippen LogP contribution in [-0.2, 0) is 19.1 Å². The van der Waals surface area contributed by atoms with Gasteiger partial charge in [-0.05, 0) is 38.5 Å². The Hall–Kier alpha value is 0.120. The van der Waals surface area contributed by atoms with Crippen molar-refractivity contribution in [2.24, 2.45) is 0 Å². The summed E-state index contributed by atoms with van der Waals surface area (Å²) in [5, 5.41) is 9.27. The van der Waals surface area contributed by atoms with Gasteiger partial charge in [-0.2, -0.15) is 8.42 Å². The molecule has 0 radical (unpaired) electrons. The van der Waals surface area contributed by atoms with Crippen molar-refractivity contribution in [1.82, 2.24) is 0 Å². The number of aliphatic hydroxyl groups excluding tert-OH is 1. The van der Waals surface area contributed by atoms with Gasteiger partial charge in [0.2, 0.25) is 0 Å². The number of allylic oxidation sites excluding steroid dienone is 2. The molecule has 1 atom stereocenters. The number of hydrogen-bond donors (Lipinski definition) is 1. The molecular formula is C21H41NaO5S. The Kier molecular flexibility index (Phi) is 22.1. The smallest absolute Gasteiger partial charge is 1.00 e. The minimum Gasteiger partial charge on any atom is -1.00 e. The van der Waals surface area contributed by atoms with E-state index in [-0.39, 0.29) is 43.8 Å². The molecule has 1 unspecified atom stereocenters. The van der Waals surface area contributed by atoms with Crippen LogP contribution in [0.3, 0.4) is 0 Å². The fourth-order valence-corrected chi connectivity index (χ4v) is 3.63. The molecule has 0 rings (SSSR count). The zero-order valence-electron chi connectivity index (χ0n) is 19.3. The first kappa shape index (κ1) is 30.3. The number of hydrogen-bond acceptors (Lipinski definition) is 5. The quantitative estimate of drug-likeness (QED) is 0.157. The summed E-state index contributed by atoms with van der Waals surface area (Å²) in [4.78, 5) is 11.5. The van der Waals surface area contributed by atoms with Crippen LogP contribution in [0, 0.1) is 0 Å². The van der Waals surface area contributed by atoms with Crippen molar-refractivity contribution in [1.29, 1.82) is 0 Å². The molecule has 0 aliphatic heterocycles. The van der Waals surface area contributed by atoms with Gasteiger partial charge in [0.25, 0.3) is 0 Å². The van der Waals surface area contributed by atoms with E-state index in [2.05, 4.69) is 23.3 Å². The Bertz CT molecular complexity index is 497. The summed E-state index contributed by atoms with van der Waals surface area (Å²) in [6.45, 7) is 3.75. The monoisotopic (exact) mass is 428 g/mol. The van der Waals surface area contributed by atoms with Crippen molar-refractivity contribution in [2.75, 3.05) is 0 Å². The maximum Gasteiger partial charge on any atom is 1.00 e. The van der Waals surface area contributed by atoms with E-state index in [9.17, 15) is 18.3 Å². The van der Waals surface area contributed by atoms with Crippen LogP contribution in [0.5, 0.6) is 0 Å². The zero-order chi connectivity index (χ0) is 20.4. The fraction of sp³-hybridized carbons (Fsp3) is 0.857. The number of unbranched alkanes of at least 4 members (excludes halogenated alkanes) is 11. The first-order valence-corrected chi connectivity index (χ1v) is 12.2. The second-order valence-electron chi connectivity index (χ2n) is 7.15. The summed E-state index contributed by atoms with van der Waals surface area (Å²) in [6, 6.07) is 0. The molecular weight excluding hydrogens is 387 g/mol. The summed E-state index contributed by atoms with van der Waals surface area (Å²) < 4.78 is 27.2. The zero-order valence-corrected chi connectivity index (χ0v) is 21.1. The number of carbonyl (C=O) groups excluding carboxylic acids is 1. The Morgan fingerprint density at radius 3 is 1.86 bits per heavy atom. The molecule has 0 saturated heterocycles. The van der Waals surface area contributed by atoms with Gasteiger partial charge in [0.1, 0.15) is 0 Å². The van der Waals surface area contributed by atoms with Gasteiger partial charge in [0.05, 0.1) is 0 Å². The molecule has 0 spiro atoms. The maximum absolute atomic E-state index is 11.5. The SMILES string of the molecule is CCCCCCCC/C=C\CCCCCCCC(=O)OS(=O)(=O)C(O)CC.[H-].[Na+]. The van der Waals surface area contributed by atoms with Gasteiger partial charge in [-0.25, -0.2) is 0 Å². The molecule has 0 aromatic heterocycles. The Morgan fingerprint density at radius 2 is 1.36 bits per heavy atom. The van der Waals surface area contributed by atoms with E-state index in [4.69, 9.17) is 0 Å². The van der Waals surface area contributed by atoms with Gasteiger partial charge >= 0.3 is 45.6 Å². The number of rotatable bonds is 18. The Balaban J connectivity index is -0.00000338. The van der Waals surface area contributed by atoms with Crippen molar-refractivity contribution in [2.45, 2.75) is 116 Å². The first-order chi connectivity index (χ1) is 12.9. The third kappa shape index (κ3) is 18.2. The van der Waals surface area contributed by atoms with Gasteiger partial charge in [0, 0.05) is 6.42 Å². The van der Waals surface area contributed by atoms with Crippen LogP contribution in [0.25, 0.3) is 0 Å². The van der Waals surface area contributed by atoms with Gasteiger partial charge < -0.3 is 10.7 Å². The van der Waals surface area contributed by atoms with Crippen LogP contribution in [0.4, 0.5) is 0 Å². The van der Waals surface area contributed by atoms with Crippen LogP contribution >= 0.6 is 0 Å². The molecule has 0 fully saturated rings. The number of carbonyl (C=O) groups is 1. The van der Waals surface area contributed by atoms with E-state index in [0.29, 0.717) is 6.42 Å². The molecule has 0 aromatic carbocycles. The summed E-state index contributed by atoms with van der Waals surface area (Å²) in [6.07, 6.45) is 19.7. The molecule has 0 aromatic rings. The predicted molar refractivity (Wildman–Crippen MR) is 112 cm³/mol. The van der Waals surface area contributed by atoms with Gasteiger partial charge in [-0.15, -0.1) is 0 Å². The van der Waals surface area contributed by atoms with Crippen LogP contribution in [-0.4, -0.2) is 24.9 Å². The summed E-state index contributed by atoms with van der Waals surface area (Å²) in [7, 11) is -4.18. The van der Waals surface area contributed by atoms with Gasteiger partial charge in [0.15, 0.2) is 5.44 Å². The Labute approximate surface area is 196 Å². The fourth-order valence-electron chi connectivity index (χ4n) is 2.77. The van der Waals surface area contributed by atoms with Crippen molar-refractivity contribution in [3.63, 3.8) is 0 Å². The van der Waals surface area contributed by atoms with Gasteiger partial charge in [-0.1, -0.05) is 77.4 Å². The molecule has 7 heteroatoms. The summed E-state index contributed by atoms with van der Waals surface area (Å²) >= 11 is 0. The summed E-state index contributed by atoms with van der Waals surface area (Å²) in [5.74, 6) is -0.778. The summed E-state index contributed by atoms with van der Waals surface area (Å²) in [5.41, 5.74) is -1.63. The van der Waals surface area contributed by atoms with Crippen LogP contribution in [0.2, 0.25) is 0 Å². The van der Waals surface area contributed by atoms with E-state index in [1.165, 1.54) is 51.9 Å². The molecule has 0 amide bonds. The maximum atomic E-state index is 11.5. The standard InChI is InChI=1S/C21H40O5S.Na.H/c1-3-5-6-7-8-9-10-11-12-13-14-15-16-17-18-19-20(22)26-27(24,25)21(23)4-2;;/h11-12,21,23H,3-10,13-19H2,1-2H3;;/q;+1;-1/b12-11-;;. The second-order valence-corrected chi connectivity index (χ2v) is 8.84. The molecule has 0 bridgehead atoms.